The smallest absolute Gasteiger partial charge is 0.426 e. The van der Waals surface area contributed by atoms with Crippen LogP contribution in [0.2, 0.25) is 0 Å². The molecule has 0 fully saturated rings. The van der Waals surface area contributed by atoms with E-state index in [9.17, 15) is 53.9 Å². The standard InChI is InChI=1S/C7H3F9O7Si/c1-20-24(21-2(17)5(8,9)10,22-3(18)6(11,12)13)23-4(19)7(14,15)16/h1H3. The van der Waals surface area contributed by atoms with Crippen molar-refractivity contribution in [2.24, 2.45) is 0 Å². The lowest BCUT2D eigenvalue weighted by Crippen LogP contribution is -2.57. The molecular weight excluding hydrogens is 395 g/mol. The quantitative estimate of drug-likeness (QED) is 0.522. The third kappa shape index (κ3) is 6.22. The number of hydrogen-bond donors (Lipinski definition) is 0. The van der Waals surface area contributed by atoms with Crippen LogP contribution in [0.1, 0.15) is 0 Å². The number of hydrogen-bond acceptors (Lipinski definition) is 7. The van der Waals surface area contributed by atoms with Gasteiger partial charge in [0.1, 0.15) is 0 Å². The van der Waals surface area contributed by atoms with Gasteiger partial charge in [-0.05, 0) is 0 Å². The van der Waals surface area contributed by atoms with E-state index in [0.717, 1.165) is 0 Å². The number of carbonyl (C=O) groups is 3. The minimum atomic E-state index is -6.50. The van der Waals surface area contributed by atoms with Gasteiger partial charge in [-0.3, -0.25) is 0 Å². The van der Waals surface area contributed by atoms with Crippen LogP contribution in [0.15, 0.2) is 0 Å². The van der Waals surface area contributed by atoms with Gasteiger partial charge in [0, 0.05) is 7.11 Å². The average molecular weight is 398 g/mol. The van der Waals surface area contributed by atoms with Crippen LogP contribution in [0.3, 0.4) is 0 Å². The molecule has 0 radical (unpaired) electrons. The van der Waals surface area contributed by atoms with Crippen molar-refractivity contribution >= 4 is 27.0 Å². The Labute approximate surface area is 125 Å². The van der Waals surface area contributed by atoms with E-state index in [0.29, 0.717) is 0 Å². The Kier molecular flexibility index (Phi) is 6.25. The van der Waals surface area contributed by atoms with Gasteiger partial charge in [0.2, 0.25) is 0 Å². The number of halogens is 9. The summed E-state index contributed by atoms with van der Waals surface area (Å²) in [5.74, 6) is -10.3. The Bertz CT molecular complexity index is 439. The fourth-order valence-corrected chi connectivity index (χ4v) is 2.11. The summed E-state index contributed by atoms with van der Waals surface area (Å²) in [4.78, 5) is 31.7. The first kappa shape index (κ1) is 22.0. The summed E-state index contributed by atoms with van der Waals surface area (Å²) in [6.07, 6.45) is -17.9. The van der Waals surface area contributed by atoms with Crippen molar-refractivity contribution in [2.45, 2.75) is 18.5 Å². The van der Waals surface area contributed by atoms with Gasteiger partial charge in [0.25, 0.3) is 0 Å². The summed E-state index contributed by atoms with van der Waals surface area (Å²) in [5, 5.41) is 0. The maximum absolute atomic E-state index is 12.0. The lowest BCUT2D eigenvalue weighted by atomic mass is 10.7. The molecule has 17 heteroatoms. The van der Waals surface area contributed by atoms with E-state index >= 15 is 0 Å². The van der Waals surface area contributed by atoms with E-state index in [1.807, 2.05) is 0 Å². The minimum absolute atomic E-state index is 0.0726. The van der Waals surface area contributed by atoms with Crippen molar-refractivity contribution in [1.29, 1.82) is 0 Å². The summed E-state index contributed by atoms with van der Waals surface area (Å²) in [6.45, 7) is 0. The number of carbonyl (C=O) groups excluding carboxylic acids is 3. The number of rotatable bonds is 4. The van der Waals surface area contributed by atoms with E-state index in [1.165, 1.54) is 0 Å². The third-order valence-electron chi connectivity index (χ3n) is 1.60. The fraction of sp³-hybridized carbons (Fsp3) is 0.571. The molecule has 0 amide bonds. The first-order valence-electron chi connectivity index (χ1n) is 4.90. The van der Waals surface area contributed by atoms with E-state index < -0.39 is 45.5 Å². The maximum Gasteiger partial charge on any atom is 0.899 e. The molecule has 7 nitrogen and oxygen atoms in total. The Balaban J connectivity index is 5.73. The third-order valence-corrected chi connectivity index (χ3v) is 3.40. The first-order chi connectivity index (χ1) is 10.4. The highest BCUT2D eigenvalue weighted by Crippen LogP contribution is 2.27. The molecule has 24 heavy (non-hydrogen) atoms. The highest BCUT2D eigenvalue weighted by molar-refractivity contribution is 6.59. The average Bonchev–Trinajstić information content (AvgIpc) is 2.34. The summed E-state index contributed by atoms with van der Waals surface area (Å²) >= 11 is 0. The van der Waals surface area contributed by atoms with E-state index in [4.69, 9.17) is 0 Å². The van der Waals surface area contributed by atoms with Crippen LogP contribution < -0.4 is 0 Å². The molecule has 0 saturated carbocycles. The fourth-order valence-electron chi connectivity index (χ4n) is 0.702. The Morgan fingerprint density at radius 1 is 0.625 bits per heavy atom. The van der Waals surface area contributed by atoms with Gasteiger partial charge in [0.05, 0.1) is 0 Å². The van der Waals surface area contributed by atoms with Crippen molar-refractivity contribution in [3.63, 3.8) is 0 Å². The van der Waals surface area contributed by atoms with E-state index in [2.05, 4.69) is 17.7 Å². The van der Waals surface area contributed by atoms with Crippen LogP contribution in [-0.2, 0) is 32.1 Å². The predicted molar refractivity (Wildman–Crippen MR) is 49.2 cm³/mol. The molecule has 0 saturated heterocycles. The SMILES string of the molecule is CO[Si](OC(=O)C(F)(F)F)(OC(=O)C(F)(F)F)OC(=O)C(F)(F)F. The molecule has 0 bridgehead atoms. The van der Waals surface area contributed by atoms with E-state index in [-0.39, 0.29) is 7.11 Å². The zero-order valence-corrected chi connectivity index (χ0v) is 11.8. The zero-order chi connectivity index (χ0) is 19.6. The molecule has 0 rings (SSSR count). The van der Waals surface area contributed by atoms with Gasteiger partial charge in [-0.15, -0.1) is 0 Å². The second-order valence-electron chi connectivity index (χ2n) is 3.37. The molecule has 0 aromatic rings. The molecule has 0 aliphatic rings. The Morgan fingerprint density at radius 2 is 0.833 bits per heavy atom. The maximum atomic E-state index is 12.0. The van der Waals surface area contributed by atoms with Crippen LogP contribution >= 0.6 is 0 Å². The predicted octanol–water partition coefficient (Wildman–Crippen LogP) is 1.38. The Morgan fingerprint density at radius 3 is 0.958 bits per heavy atom. The van der Waals surface area contributed by atoms with Gasteiger partial charge in [-0.25, -0.2) is 14.4 Å². The van der Waals surface area contributed by atoms with Crippen molar-refractivity contribution in [3.05, 3.63) is 0 Å². The van der Waals surface area contributed by atoms with Crippen molar-refractivity contribution < 1.29 is 71.6 Å². The molecule has 0 aliphatic heterocycles. The van der Waals surface area contributed by atoms with Crippen LogP contribution in [-0.4, -0.2) is 52.6 Å². The number of alkyl halides is 9. The molecule has 0 aromatic heterocycles. The molecule has 140 valence electrons. The van der Waals surface area contributed by atoms with Gasteiger partial charge in [-0.2, -0.15) is 39.5 Å². The van der Waals surface area contributed by atoms with Crippen molar-refractivity contribution in [2.75, 3.05) is 7.11 Å². The van der Waals surface area contributed by atoms with Gasteiger partial charge in [-0.1, -0.05) is 0 Å². The molecule has 0 unspecified atom stereocenters. The summed E-state index contributed by atoms with van der Waals surface area (Å²) < 4.78 is 121. The summed E-state index contributed by atoms with van der Waals surface area (Å²) in [5.41, 5.74) is 0. The highest BCUT2D eigenvalue weighted by Gasteiger charge is 2.66. The van der Waals surface area contributed by atoms with Gasteiger partial charge >= 0.3 is 45.5 Å². The van der Waals surface area contributed by atoms with Crippen LogP contribution in [0, 0.1) is 0 Å². The highest BCUT2D eigenvalue weighted by atomic mass is 28.4. The molecular formula is C7H3F9O7Si. The minimum Gasteiger partial charge on any atom is -0.426 e. The summed E-state index contributed by atoms with van der Waals surface area (Å²) in [7, 11) is -6.42. The van der Waals surface area contributed by atoms with Crippen LogP contribution in [0.5, 0.6) is 0 Å². The van der Waals surface area contributed by atoms with Gasteiger partial charge in [0.15, 0.2) is 0 Å². The largest absolute Gasteiger partial charge is 0.899 e. The normalized spacial score (nSPS) is 13.2. The monoisotopic (exact) mass is 398 g/mol. The molecule has 0 spiro atoms. The zero-order valence-electron chi connectivity index (χ0n) is 10.8. The van der Waals surface area contributed by atoms with Gasteiger partial charge < -0.3 is 17.7 Å². The molecule has 0 aliphatic carbocycles. The van der Waals surface area contributed by atoms with Crippen molar-refractivity contribution in [1.82, 2.24) is 0 Å². The topological polar surface area (TPSA) is 88.1 Å². The lowest BCUT2D eigenvalue weighted by Gasteiger charge is -2.25. The van der Waals surface area contributed by atoms with Crippen molar-refractivity contribution in [3.8, 4) is 0 Å². The lowest BCUT2D eigenvalue weighted by molar-refractivity contribution is -0.215. The molecule has 0 atom stereocenters. The second kappa shape index (κ2) is 6.83. The van der Waals surface area contributed by atoms with Crippen LogP contribution in [0.4, 0.5) is 39.5 Å². The molecule has 0 heterocycles. The van der Waals surface area contributed by atoms with Crippen LogP contribution in [0.25, 0.3) is 0 Å². The summed E-state index contributed by atoms with van der Waals surface area (Å²) in [6, 6.07) is 0. The second-order valence-corrected chi connectivity index (χ2v) is 5.39. The molecule has 0 N–H and O–H groups in total. The first-order valence-corrected chi connectivity index (χ1v) is 6.53. The Hall–Kier alpha value is -2.04. The van der Waals surface area contributed by atoms with E-state index in [1.54, 1.807) is 0 Å². The molecule has 0 aromatic carbocycles.